The Morgan fingerprint density at radius 3 is 1.71 bits per heavy atom. The predicted octanol–water partition coefficient (Wildman–Crippen LogP) is 2.04. The van der Waals surface area contributed by atoms with Crippen molar-refractivity contribution < 1.29 is 14.8 Å². The first-order valence-electron chi connectivity index (χ1n) is 5.08. The number of nitrogens with one attached hydrogen (secondary N) is 1. The fourth-order valence-corrected chi connectivity index (χ4v) is 1.58. The molecule has 2 aromatic carbocycles. The van der Waals surface area contributed by atoms with Crippen LogP contribution >= 0.6 is 0 Å². The van der Waals surface area contributed by atoms with Gasteiger partial charge in [0.1, 0.15) is 0 Å². The molecule has 4 nitrogen and oxygen atoms in total. The van der Waals surface area contributed by atoms with Crippen molar-refractivity contribution >= 4 is 19.1 Å². The smallest absolute Gasteiger partial charge is 0.453 e. The Morgan fingerprint density at radius 1 is 0.824 bits per heavy atom. The van der Waals surface area contributed by atoms with Gasteiger partial charge in [-0.25, -0.2) is 0 Å². The van der Waals surface area contributed by atoms with Gasteiger partial charge in [-0.3, -0.25) is 0 Å². The third kappa shape index (κ3) is 2.58. The number of benzene rings is 2. The molecule has 3 N–H and O–H groups in total. The van der Waals surface area contributed by atoms with Gasteiger partial charge in [-0.2, -0.15) is 0 Å². The maximum absolute atomic E-state index is 7.00. The van der Waals surface area contributed by atoms with Crippen LogP contribution in [0, 0.1) is 0 Å². The van der Waals surface area contributed by atoms with Gasteiger partial charge in [0.15, 0.2) is 11.5 Å². The minimum Gasteiger partial charge on any atom is -0.453 e. The van der Waals surface area contributed by atoms with Gasteiger partial charge in [0, 0.05) is 0 Å². The van der Waals surface area contributed by atoms with Crippen LogP contribution < -0.4 is 10.1 Å². The van der Waals surface area contributed by atoms with E-state index in [0.717, 1.165) is 22.9 Å². The van der Waals surface area contributed by atoms with E-state index in [1.165, 1.54) is 0 Å². The van der Waals surface area contributed by atoms with E-state index in [-0.39, 0.29) is 7.69 Å². The molecule has 0 unspecified atom stereocenters. The lowest BCUT2D eigenvalue weighted by molar-refractivity contribution is 0.448. The van der Waals surface area contributed by atoms with Crippen LogP contribution in [0.15, 0.2) is 48.5 Å². The highest BCUT2D eigenvalue weighted by Gasteiger charge is 2.13. The Kier molecular flexibility index (Phi) is 3.64. The summed E-state index contributed by atoms with van der Waals surface area (Å²) in [6, 6.07) is 15.8. The molecule has 0 amide bonds. The number of rotatable bonds is 0. The normalized spacial score (nSPS) is 10.7. The average Bonchev–Trinajstić information content (AvgIpc) is 2.37. The van der Waals surface area contributed by atoms with Gasteiger partial charge in [-0.05, 0) is 24.3 Å². The summed E-state index contributed by atoms with van der Waals surface area (Å²) in [5.41, 5.74) is 2.04. The summed E-state index contributed by atoms with van der Waals surface area (Å²) in [5, 5.41) is 17.3. The predicted molar refractivity (Wildman–Crippen MR) is 66.4 cm³/mol. The van der Waals surface area contributed by atoms with Gasteiger partial charge in [-0.15, -0.1) is 0 Å². The van der Waals surface area contributed by atoms with E-state index in [9.17, 15) is 0 Å². The van der Waals surface area contributed by atoms with Crippen LogP contribution in [0.25, 0.3) is 0 Å². The summed E-state index contributed by atoms with van der Waals surface area (Å²) in [6.07, 6.45) is 0. The molecular weight excluding hydrogens is 217 g/mol. The highest BCUT2D eigenvalue weighted by Crippen LogP contribution is 2.40. The van der Waals surface area contributed by atoms with Crippen molar-refractivity contribution in [2.45, 2.75) is 0 Å². The van der Waals surface area contributed by atoms with Crippen molar-refractivity contribution in [3.63, 3.8) is 0 Å². The van der Waals surface area contributed by atoms with Crippen LogP contribution in [-0.4, -0.2) is 17.7 Å². The largest absolute Gasteiger partial charge is 0.482 e. The second-order valence-corrected chi connectivity index (χ2v) is 3.33. The topological polar surface area (TPSA) is 61.7 Å². The molecule has 0 spiro atoms. The molecule has 2 aromatic rings. The monoisotopic (exact) mass is 228 g/mol. The van der Waals surface area contributed by atoms with E-state index in [0.29, 0.717) is 0 Å². The summed E-state index contributed by atoms with van der Waals surface area (Å²) in [7, 11) is 0. The summed E-state index contributed by atoms with van der Waals surface area (Å²) in [6.45, 7) is 0. The van der Waals surface area contributed by atoms with Crippen LogP contribution in [0.4, 0.5) is 11.4 Å². The van der Waals surface area contributed by atoms with Crippen molar-refractivity contribution in [1.29, 1.82) is 0 Å². The first-order valence-corrected chi connectivity index (χ1v) is 5.08. The zero-order valence-corrected chi connectivity index (χ0v) is 9.00. The van der Waals surface area contributed by atoms with Crippen molar-refractivity contribution in [2.24, 2.45) is 0 Å². The molecule has 1 radical (unpaired) electrons. The van der Waals surface area contributed by atoms with E-state index in [2.05, 4.69) is 5.32 Å². The fraction of sp³-hybridized carbons (Fsp3) is 0. The molecule has 0 saturated carbocycles. The number of fused-ring (bicyclic) bond motifs is 2. The first kappa shape index (κ1) is 11.5. The van der Waals surface area contributed by atoms with E-state index >= 15 is 0 Å². The molecule has 5 heteroatoms. The van der Waals surface area contributed by atoms with Crippen molar-refractivity contribution in [3.05, 3.63) is 48.5 Å². The van der Waals surface area contributed by atoms with Crippen LogP contribution in [0.1, 0.15) is 0 Å². The molecule has 1 heterocycles. The standard InChI is InChI=1S/C12H9NO.BH2O2/c1-3-7-11-9(5-1)13-10-6-2-4-8-12(10)14-11;2-1-3/h1-8,13H;2-3H. The van der Waals surface area contributed by atoms with Crippen LogP contribution in [0.5, 0.6) is 11.5 Å². The molecule has 85 valence electrons. The lowest BCUT2D eigenvalue weighted by Gasteiger charge is -2.20. The van der Waals surface area contributed by atoms with E-state index < -0.39 is 0 Å². The van der Waals surface area contributed by atoms with Gasteiger partial charge in [0.2, 0.25) is 0 Å². The molecule has 0 saturated heterocycles. The Bertz CT molecular complexity index is 417. The molecule has 0 aliphatic carbocycles. The summed E-state index contributed by atoms with van der Waals surface area (Å²) >= 11 is 0. The molecule has 3 rings (SSSR count). The van der Waals surface area contributed by atoms with Crippen LogP contribution in [0.3, 0.4) is 0 Å². The van der Waals surface area contributed by atoms with E-state index in [1.54, 1.807) is 0 Å². The maximum Gasteiger partial charge on any atom is 0.482 e. The second-order valence-electron chi connectivity index (χ2n) is 3.33. The second kappa shape index (κ2) is 5.38. The zero-order chi connectivity index (χ0) is 12.1. The first-order chi connectivity index (χ1) is 8.35. The van der Waals surface area contributed by atoms with Gasteiger partial charge >= 0.3 is 7.69 Å². The lowest BCUT2D eigenvalue weighted by atomic mass is 10.2. The molecule has 17 heavy (non-hydrogen) atoms. The molecular formula is C12H11BNO3. The zero-order valence-electron chi connectivity index (χ0n) is 9.00. The Labute approximate surface area is 99.8 Å². The minimum absolute atomic E-state index is 0. The number of hydrogen-bond acceptors (Lipinski definition) is 4. The number of anilines is 2. The van der Waals surface area contributed by atoms with Gasteiger partial charge in [-0.1, -0.05) is 24.3 Å². The van der Waals surface area contributed by atoms with Gasteiger partial charge in [0.05, 0.1) is 11.4 Å². The molecule has 0 aromatic heterocycles. The highest BCUT2D eigenvalue weighted by atomic mass is 16.5. The molecule has 1 aliphatic heterocycles. The highest BCUT2D eigenvalue weighted by molar-refractivity contribution is 6.13. The Hall–Kier alpha value is -1.98. The molecule has 0 atom stereocenters. The summed E-state index contributed by atoms with van der Waals surface area (Å²) in [4.78, 5) is 0. The Morgan fingerprint density at radius 2 is 1.24 bits per heavy atom. The summed E-state index contributed by atoms with van der Waals surface area (Å²) in [5.74, 6) is 1.76. The SMILES string of the molecule is O[B]O.c1ccc2c(c1)Nc1ccccc1O2. The van der Waals surface area contributed by atoms with Crippen molar-refractivity contribution in [2.75, 3.05) is 5.32 Å². The molecule has 0 bridgehead atoms. The number of ether oxygens (including phenoxy) is 1. The van der Waals surface area contributed by atoms with Crippen LogP contribution in [-0.2, 0) is 0 Å². The van der Waals surface area contributed by atoms with Crippen molar-refractivity contribution in [1.82, 2.24) is 0 Å². The molecule has 1 aliphatic rings. The fourth-order valence-electron chi connectivity index (χ4n) is 1.58. The van der Waals surface area contributed by atoms with Crippen LogP contribution in [0.2, 0.25) is 0 Å². The minimum atomic E-state index is 0. The van der Waals surface area contributed by atoms with E-state index in [4.69, 9.17) is 14.8 Å². The van der Waals surface area contributed by atoms with Gasteiger partial charge in [0.25, 0.3) is 0 Å². The number of para-hydroxylation sites is 4. The third-order valence-electron chi connectivity index (χ3n) is 2.26. The summed E-state index contributed by atoms with van der Waals surface area (Å²) < 4.78 is 5.71. The maximum atomic E-state index is 7.00. The third-order valence-corrected chi connectivity index (χ3v) is 2.26. The average molecular weight is 228 g/mol. The molecule has 0 fully saturated rings. The Balaban J connectivity index is 0.000000329. The van der Waals surface area contributed by atoms with Crippen molar-refractivity contribution in [3.8, 4) is 11.5 Å². The lowest BCUT2D eigenvalue weighted by Crippen LogP contribution is -2.01. The van der Waals surface area contributed by atoms with E-state index in [1.807, 2.05) is 48.5 Å². The number of hydrogen-bond donors (Lipinski definition) is 3. The quantitative estimate of drug-likeness (QED) is 0.515. The van der Waals surface area contributed by atoms with Gasteiger partial charge < -0.3 is 20.1 Å².